The summed E-state index contributed by atoms with van der Waals surface area (Å²) in [7, 11) is 1.71. The fraction of sp³-hybridized carbons (Fsp3) is 0.421. The summed E-state index contributed by atoms with van der Waals surface area (Å²) in [6.07, 6.45) is 6.24. The monoisotopic (exact) mass is 369 g/mol. The van der Waals surface area contributed by atoms with Gasteiger partial charge in [0.05, 0.1) is 18.5 Å². The Morgan fingerprint density at radius 2 is 2.26 bits per heavy atom. The van der Waals surface area contributed by atoms with E-state index in [1.165, 1.54) is 0 Å². The van der Waals surface area contributed by atoms with Crippen LogP contribution in [-0.4, -0.2) is 50.7 Å². The van der Waals surface area contributed by atoms with Gasteiger partial charge in [0.15, 0.2) is 0 Å². The topological polar surface area (TPSA) is 99.5 Å². The molecule has 2 aromatic rings. The molecule has 8 heteroatoms. The van der Waals surface area contributed by atoms with Gasteiger partial charge in [0.1, 0.15) is 0 Å². The van der Waals surface area contributed by atoms with E-state index in [4.69, 9.17) is 0 Å². The number of benzene rings is 1. The maximum Gasteiger partial charge on any atom is 0.321 e. The first-order valence-corrected chi connectivity index (χ1v) is 9.09. The van der Waals surface area contributed by atoms with Gasteiger partial charge >= 0.3 is 6.03 Å². The number of hydrogen-bond acceptors (Lipinski definition) is 4. The molecule has 1 saturated carbocycles. The smallest absolute Gasteiger partial charge is 0.321 e. The molecule has 2 aliphatic rings. The number of rotatable bonds is 4. The van der Waals surface area contributed by atoms with Gasteiger partial charge in [-0.3, -0.25) is 4.79 Å². The van der Waals surface area contributed by atoms with Crippen LogP contribution in [0.4, 0.5) is 10.5 Å². The maximum absolute atomic E-state index is 12.7. The Bertz CT molecular complexity index is 851. The van der Waals surface area contributed by atoms with Crippen molar-refractivity contribution >= 4 is 17.6 Å². The number of anilines is 1. The van der Waals surface area contributed by atoms with E-state index in [-0.39, 0.29) is 18.0 Å². The second kappa shape index (κ2) is 7.03. The third kappa shape index (κ3) is 3.66. The molecule has 1 aliphatic carbocycles. The van der Waals surface area contributed by atoms with Crippen LogP contribution in [0.25, 0.3) is 0 Å². The quantitative estimate of drug-likeness (QED) is 0.759. The largest absolute Gasteiger partial charge is 0.391 e. The summed E-state index contributed by atoms with van der Waals surface area (Å²) in [5.74, 6) is 0.0941. The van der Waals surface area contributed by atoms with E-state index in [1.807, 2.05) is 10.8 Å². The predicted molar refractivity (Wildman–Crippen MR) is 99.1 cm³/mol. The Labute approximate surface area is 157 Å². The summed E-state index contributed by atoms with van der Waals surface area (Å²) in [6.45, 7) is 1.25. The second-order valence-corrected chi connectivity index (χ2v) is 7.40. The number of nitrogens with one attached hydrogen (secondary N) is 2. The van der Waals surface area contributed by atoms with Gasteiger partial charge in [0.25, 0.3) is 5.91 Å². The van der Waals surface area contributed by atoms with E-state index < -0.39 is 6.10 Å². The Hall–Kier alpha value is -2.87. The molecule has 0 saturated heterocycles. The molecule has 0 spiro atoms. The molecule has 4 rings (SSSR count). The number of nitrogens with zero attached hydrogens (tertiary/aromatic N) is 3. The summed E-state index contributed by atoms with van der Waals surface area (Å²) in [6, 6.07) is 4.83. The number of carbonyl (C=O) groups excluding carboxylic acids is 2. The summed E-state index contributed by atoms with van der Waals surface area (Å²) in [5, 5.41) is 16.1. The van der Waals surface area contributed by atoms with E-state index in [2.05, 4.69) is 15.6 Å². The molecule has 3 N–H and O–H groups in total. The normalized spacial score (nSPS) is 24.4. The molecule has 2 heterocycles. The molecule has 8 nitrogen and oxygen atoms in total. The van der Waals surface area contributed by atoms with Crippen molar-refractivity contribution in [1.82, 2.24) is 19.8 Å². The summed E-state index contributed by atoms with van der Waals surface area (Å²) >= 11 is 0. The Morgan fingerprint density at radius 1 is 1.41 bits per heavy atom. The maximum atomic E-state index is 12.7. The van der Waals surface area contributed by atoms with Crippen molar-refractivity contribution in [1.29, 1.82) is 0 Å². The van der Waals surface area contributed by atoms with Gasteiger partial charge in [-0.2, -0.15) is 0 Å². The van der Waals surface area contributed by atoms with Crippen LogP contribution in [0.1, 0.15) is 28.8 Å². The summed E-state index contributed by atoms with van der Waals surface area (Å²) in [5.41, 5.74) is 2.16. The lowest BCUT2D eigenvalue weighted by Crippen LogP contribution is -2.40. The van der Waals surface area contributed by atoms with Crippen molar-refractivity contribution in [2.45, 2.75) is 38.1 Å². The lowest BCUT2D eigenvalue weighted by atomic mass is 10.0. The number of aliphatic hydroxyl groups is 1. The average molecular weight is 369 g/mol. The molecule has 1 aromatic heterocycles. The number of imidazole rings is 1. The van der Waals surface area contributed by atoms with Crippen LogP contribution in [0.3, 0.4) is 0 Å². The molecule has 0 radical (unpaired) electrons. The van der Waals surface area contributed by atoms with Crippen LogP contribution < -0.4 is 10.6 Å². The van der Waals surface area contributed by atoms with Crippen molar-refractivity contribution in [2.75, 3.05) is 12.4 Å². The second-order valence-electron chi connectivity index (χ2n) is 7.40. The zero-order valence-corrected chi connectivity index (χ0v) is 15.1. The van der Waals surface area contributed by atoms with Crippen molar-refractivity contribution in [3.8, 4) is 0 Å². The highest BCUT2D eigenvalue weighted by molar-refractivity contribution is 5.97. The SMILES string of the molecule is CN1Cc2cc(C(=O)N[C@@H]3CC(Cn4ccnc4)C[C@H]3O)ccc2NC1=O. The lowest BCUT2D eigenvalue weighted by Gasteiger charge is -2.26. The Balaban J connectivity index is 1.40. The van der Waals surface area contributed by atoms with Gasteiger partial charge < -0.3 is 25.2 Å². The number of urea groups is 1. The van der Waals surface area contributed by atoms with Crippen LogP contribution >= 0.6 is 0 Å². The van der Waals surface area contributed by atoms with Gasteiger partial charge in [0.2, 0.25) is 0 Å². The van der Waals surface area contributed by atoms with Crippen molar-refractivity contribution in [2.24, 2.45) is 5.92 Å². The van der Waals surface area contributed by atoms with Gasteiger partial charge in [0, 0.05) is 43.8 Å². The minimum absolute atomic E-state index is 0.155. The van der Waals surface area contributed by atoms with E-state index >= 15 is 0 Å². The first-order valence-electron chi connectivity index (χ1n) is 9.09. The molecule has 27 heavy (non-hydrogen) atoms. The number of aliphatic hydroxyl groups excluding tert-OH is 1. The lowest BCUT2D eigenvalue weighted by molar-refractivity contribution is 0.0872. The standard InChI is InChI=1S/C19H23N5O3/c1-23-10-14-8-13(2-3-15(14)22-19(23)27)18(26)21-16-6-12(7-17(16)25)9-24-5-4-20-11-24/h2-5,8,11-12,16-17,25H,6-7,9-10H2,1H3,(H,21,26)(H,22,27)/t12?,16-,17-/m1/s1. The van der Waals surface area contributed by atoms with E-state index in [1.54, 1.807) is 42.7 Å². The number of aromatic nitrogens is 2. The van der Waals surface area contributed by atoms with Crippen molar-refractivity contribution in [3.63, 3.8) is 0 Å². The van der Waals surface area contributed by atoms with Crippen LogP contribution in [0.15, 0.2) is 36.9 Å². The van der Waals surface area contributed by atoms with Gasteiger partial charge in [-0.05, 0) is 42.5 Å². The summed E-state index contributed by atoms with van der Waals surface area (Å²) < 4.78 is 2.00. The van der Waals surface area contributed by atoms with Gasteiger partial charge in [-0.1, -0.05) is 0 Å². The molecule has 3 amide bonds. The van der Waals surface area contributed by atoms with E-state index in [0.29, 0.717) is 24.4 Å². The van der Waals surface area contributed by atoms with Crippen LogP contribution in [0, 0.1) is 5.92 Å². The number of hydrogen-bond donors (Lipinski definition) is 3. The molecule has 1 unspecified atom stereocenters. The van der Waals surface area contributed by atoms with Crippen molar-refractivity contribution < 1.29 is 14.7 Å². The zero-order chi connectivity index (χ0) is 19.0. The average Bonchev–Trinajstić information content (AvgIpc) is 3.26. The minimum Gasteiger partial charge on any atom is -0.391 e. The highest BCUT2D eigenvalue weighted by Gasteiger charge is 2.34. The Morgan fingerprint density at radius 3 is 3.04 bits per heavy atom. The first kappa shape index (κ1) is 17.5. The first-order chi connectivity index (χ1) is 13.0. The van der Waals surface area contributed by atoms with E-state index in [0.717, 1.165) is 24.2 Å². The van der Waals surface area contributed by atoms with Gasteiger partial charge in [-0.15, -0.1) is 0 Å². The predicted octanol–water partition coefficient (Wildman–Crippen LogP) is 1.43. The van der Waals surface area contributed by atoms with Crippen LogP contribution in [-0.2, 0) is 13.1 Å². The number of carbonyl (C=O) groups is 2. The molecule has 1 fully saturated rings. The van der Waals surface area contributed by atoms with Crippen LogP contribution in [0.5, 0.6) is 0 Å². The molecular formula is C19H23N5O3. The molecule has 1 aromatic carbocycles. The number of amides is 3. The third-order valence-electron chi connectivity index (χ3n) is 5.33. The zero-order valence-electron chi connectivity index (χ0n) is 15.1. The van der Waals surface area contributed by atoms with Gasteiger partial charge in [-0.25, -0.2) is 9.78 Å². The fourth-order valence-electron chi connectivity index (χ4n) is 3.89. The van der Waals surface area contributed by atoms with Crippen molar-refractivity contribution in [3.05, 3.63) is 48.0 Å². The minimum atomic E-state index is -0.550. The highest BCUT2D eigenvalue weighted by atomic mass is 16.3. The van der Waals surface area contributed by atoms with Crippen LogP contribution in [0.2, 0.25) is 0 Å². The highest BCUT2D eigenvalue weighted by Crippen LogP contribution is 2.28. The fourth-order valence-corrected chi connectivity index (χ4v) is 3.89. The molecule has 0 bridgehead atoms. The van der Waals surface area contributed by atoms with E-state index in [9.17, 15) is 14.7 Å². The molecular weight excluding hydrogens is 346 g/mol. The number of fused-ring (bicyclic) bond motifs is 1. The molecule has 142 valence electrons. The summed E-state index contributed by atoms with van der Waals surface area (Å²) in [4.78, 5) is 29.9. The molecule has 3 atom stereocenters. The molecule has 1 aliphatic heterocycles. The third-order valence-corrected chi connectivity index (χ3v) is 5.33. The Kier molecular flexibility index (Phi) is 4.57.